The molecule has 0 bridgehead atoms. The van der Waals surface area contributed by atoms with Crippen molar-refractivity contribution in [1.82, 2.24) is 4.98 Å². The van der Waals surface area contributed by atoms with Crippen molar-refractivity contribution in [2.75, 3.05) is 18.1 Å². The van der Waals surface area contributed by atoms with Crippen molar-refractivity contribution in [1.29, 1.82) is 0 Å². The molecule has 1 rings (SSSR count). The van der Waals surface area contributed by atoms with Gasteiger partial charge in [-0.25, -0.2) is 14.2 Å². The fourth-order valence-electron chi connectivity index (χ4n) is 1.51. The molecule has 0 amide bonds. The van der Waals surface area contributed by atoms with E-state index in [0.29, 0.717) is 0 Å². The van der Waals surface area contributed by atoms with Gasteiger partial charge in [0, 0.05) is 18.8 Å². The maximum atomic E-state index is 13.9. The van der Waals surface area contributed by atoms with Crippen molar-refractivity contribution in [2.24, 2.45) is 0 Å². The van der Waals surface area contributed by atoms with Crippen LogP contribution in [-0.4, -0.2) is 40.4 Å². The van der Waals surface area contributed by atoms with Gasteiger partial charge in [-0.3, -0.25) is 0 Å². The summed E-state index contributed by atoms with van der Waals surface area (Å²) in [5, 5.41) is 17.7. The summed E-state index contributed by atoms with van der Waals surface area (Å²) in [6, 6.07) is 1.02. The van der Waals surface area contributed by atoms with Crippen molar-refractivity contribution in [3.05, 3.63) is 23.6 Å². The van der Waals surface area contributed by atoms with E-state index in [1.807, 2.05) is 13.8 Å². The molecule has 0 aliphatic heterocycles. The number of carboxylic acid groups (broad SMARTS) is 1. The molecule has 0 fully saturated rings. The minimum Gasteiger partial charge on any atom is -0.478 e. The molecule has 0 saturated carbocycles. The first kappa shape index (κ1) is 13.4. The van der Waals surface area contributed by atoms with Gasteiger partial charge in [0.15, 0.2) is 11.6 Å². The predicted octanol–water partition coefficient (Wildman–Crippen LogP) is 1.13. The van der Waals surface area contributed by atoms with Crippen LogP contribution in [0.2, 0.25) is 0 Å². The highest BCUT2D eigenvalue weighted by Gasteiger charge is 2.21. The summed E-state index contributed by atoms with van der Waals surface area (Å²) in [5.41, 5.74) is -0.418. The molecule has 94 valence electrons. The summed E-state index contributed by atoms with van der Waals surface area (Å²) in [6.45, 7) is 3.66. The van der Waals surface area contributed by atoms with Crippen LogP contribution in [0.25, 0.3) is 0 Å². The van der Waals surface area contributed by atoms with Gasteiger partial charge in [0.05, 0.1) is 6.61 Å². The zero-order chi connectivity index (χ0) is 13.0. The van der Waals surface area contributed by atoms with Crippen LogP contribution >= 0.6 is 0 Å². The van der Waals surface area contributed by atoms with E-state index in [2.05, 4.69) is 4.98 Å². The maximum absolute atomic E-state index is 13.9. The fraction of sp³-hybridized carbons (Fsp3) is 0.455. The average Bonchev–Trinajstić information content (AvgIpc) is 2.26. The van der Waals surface area contributed by atoms with Gasteiger partial charge in [0.1, 0.15) is 5.56 Å². The lowest BCUT2D eigenvalue weighted by Crippen LogP contribution is -2.35. The number of hydrogen-bond acceptors (Lipinski definition) is 4. The average molecular weight is 242 g/mol. The Bertz CT molecular complexity index is 410. The van der Waals surface area contributed by atoms with Crippen LogP contribution in [0.15, 0.2) is 12.3 Å². The molecule has 0 aliphatic rings. The number of carboxylic acids is 1. The molecule has 17 heavy (non-hydrogen) atoms. The third kappa shape index (κ3) is 2.91. The number of aromatic nitrogens is 1. The summed E-state index contributed by atoms with van der Waals surface area (Å²) in [4.78, 5) is 16.1. The van der Waals surface area contributed by atoms with Crippen LogP contribution in [0, 0.1) is 5.82 Å². The molecule has 1 aromatic rings. The Labute approximate surface area is 98.5 Å². The number of aliphatic hydroxyl groups excluding tert-OH is 1. The largest absolute Gasteiger partial charge is 0.478 e. The highest BCUT2D eigenvalue weighted by atomic mass is 19.1. The number of nitrogens with zero attached hydrogens (tertiary/aromatic N) is 2. The molecule has 6 heteroatoms. The fourth-order valence-corrected chi connectivity index (χ4v) is 1.51. The summed E-state index contributed by atoms with van der Waals surface area (Å²) in [7, 11) is 0. The molecular weight excluding hydrogens is 227 g/mol. The number of carbonyl (C=O) groups is 1. The van der Waals surface area contributed by atoms with E-state index in [0.717, 1.165) is 6.07 Å². The first-order chi connectivity index (χ1) is 7.99. The monoisotopic (exact) mass is 242 g/mol. The van der Waals surface area contributed by atoms with E-state index >= 15 is 0 Å². The third-order valence-corrected chi connectivity index (χ3v) is 2.34. The normalized spacial score (nSPS) is 10.6. The Morgan fingerprint density at radius 3 is 2.71 bits per heavy atom. The van der Waals surface area contributed by atoms with E-state index in [9.17, 15) is 9.18 Å². The predicted molar refractivity (Wildman–Crippen MR) is 60.7 cm³/mol. The zero-order valence-corrected chi connectivity index (χ0v) is 9.72. The topological polar surface area (TPSA) is 73.7 Å². The minimum atomic E-state index is -1.33. The standard InChI is InChI=1S/C11H15FN2O3/c1-7(2)14(5-6-15)10-9(12)8(11(16)17)3-4-13-10/h3-4,7,15H,5-6H2,1-2H3,(H,16,17). The smallest absolute Gasteiger partial charge is 0.338 e. The van der Waals surface area contributed by atoms with Crippen molar-refractivity contribution in [3.63, 3.8) is 0 Å². The van der Waals surface area contributed by atoms with Crippen LogP contribution in [-0.2, 0) is 0 Å². The molecule has 1 aromatic heterocycles. The molecule has 0 unspecified atom stereocenters. The number of pyridine rings is 1. The molecule has 0 atom stereocenters. The van der Waals surface area contributed by atoms with Gasteiger partial charge in [-0.1, -0.05) is 0 Å². The lowest BCUT2D eigenvalue weighted by Gasteiger charge is -2.27. The Kier molecular flexibility index (Phi) is 4.39. The number of anilines is 1. The van der Waals surface area contributed by atoms with Crippen LogP contribution < -0.4 is 4.90 Å². The molecule has 0 saturated heterocycles. The first-order valence-corrected chi connectivity index (χ1v) is 5.24. The summed E-state index contributed by atoms with van der Waals surface area (Å²) in [5.74, 6) is -2.25. The second-order valence-electron chi connectivity index (χ2n) is 3.81. The van der Waals surface area contributed by atoms with E-state index in [1.54, 1.807) is 0 Å². The molecule has 0 radical (unpaired) electrons. The summed E-state index contributed by atoms with van der Waals surface area (Å²) >= 11 is 0. The van der Waals surface area contributed by atoms with Gasteiger partial charge in [0.25, 0.3) is 0 Å². The number of aliphatic hydroxyl groups is 1. The summed E-state index contributed by atoms with van der Waals surface area (Å²) < 4.78 is 13.9. The van der Waals surface area contributed by atoms with Crippen LogP contribution in [0.3, 0.4) is 0 Å². The van der Waals surface area contributed by atoms with Crippen molar-refractivity contribution >= 4 is 11.8 Å². The molecule has 0 spiro atoms. The number of aromatic carboxylic acids is 1. The van der Waals surface area contributed by atoms with Gasteiger partial charge in [0.2, 0.25) is 0 Å². The lowest BCUT2D eigenvalue weighted by molar-refractivity contribution is 0.0691. The van der Waals surface area contributed by atoms with E-state index < -0.39 is 17.3 Å². The van der Waals surface area contributed by atoms with E-state index in [-0.39, 0.29) is 25.0 Å². The summed E-state index contributed by atoms with van der Waals surface area (Å²) in [6.07, 6.45) is 1.24. The molecule has 2 N–H and O–H groups in total. The maximum Gasteiger partial charge on any atom is 0.338 e. The highest BCUT2D eigenvalue weighted by molar-refractivity contribution is 5.88. The molecule has 1 heterocycles. The second kappa shape index (κ2) is 5.58. The Balaban J connectivity index is 3.20. The van der Waals surface area contributed by atoms with Gasteiger partial charge in [-0.2, -0.15) is 0 Å². The number of rotatable bonds is 5. The van der Waals surface area contributed by atoms with Gasteiger partial charge < -0.3 is 15.1 Å². The molecule has 0 aliphatic carbocycles. The minimum absolute atomic E-state index is 0.0473. The SMILES string of the molecule is CC(C)N(CCO)c1nccc(C(=O)O)c1F. The van der Waals surface area contributed by atoms with Crippen molar-refractivity contribution in [3.8, 4) is 0 Å². The van der Waals surface area contributed by atoms with E-state index in [4.69, 9.17) is 10.2 Å². The molecular formula is C11H15FN2O3. The first-order valence-electron chi connectivity index (χ1n) is 5.24. The van der Waals surface area contributed by atoms with Gasteiger partial charge >= 0.3 is 5.97 Å². The third-order valence-electron chi connectivity index (χ3n) is 2.34. The van der Waals surface area contributed by atoms with E-state index in [1.165, 1.54) is 11.1 Å². The lowest BCUT2D eigenvalue weighted by atomic mass is 10.2. The van der Waals surface area contributed by atoms with Crippen LogP contribution in [0.5, 0.6) is 0 Å². The van der Waals surface area contributed by atoms with Crippen molar-refractivity contribution in [2.45, 2.75) is 19.9 Å². The highest BCUT2D eigenvalue weighted by Crippen LogP contribution is 2.21. The van der Waals surface area contributed by atoms with Crippen LogP contribution in [0.4, 0.5) is 10.2 Å². The van der Waals surface area contributed by atoms with Crippen molar-refractivity contribution < 1.29 is 19.4 Å². The number of halogens is 1. The molecule has 0 aromatic carbocycles. The van der Waals surface area contributed by atoms with Gasteiger partial charge in [-0.05, 0) is 19.9 Å². The zero-order valence-electron chi connectivity index (χ0n) is 9.72. The Morgan fingerprint density at radius 1 is 1.59 bits per heavy atom. The Hall–Kier alpha value is -1.69. The second-order valence-corrected chi connectivity index (χ2v) is 3.81. The Morgan fingerprint density at radius 2 is 2.24 bits per heavy atom. The quantitative estimate of drug-likeness (QED) is 0.809. The van der Waals surface area contributed by atoms with Crippen LogP contribution in [0.1, 0.15) is 24.2 Å². The van der Waals surface area contributed by atoms with Gasteiger partial charge in [-0.15, -0.1) is 0 Å². The molecule has 5 nitrogen and oxygen atoms in total. The number of hydrogen-bond donors (Lipinski definition) is 2.